The van der Waals surface area contributed by atoms with Crippen molar-refractivity contribution in [1.29, 1.82) is 0 Å². The first-order valence-corrected chi connectivity index (χ1v) is 9.38. The number of carboxylic acids is 1. The lowest BCUT2D eigenvalue weighted by molar-refractivity contribution is -0.143. The monoisotopic (exact) mass is 454 g/mol. The second-order valence-electron chi connectivity index (χ2n) is 6.70. The van der Waals surface area contributed by atoms with Gasteiger partial charge in [-0.15, -0.1) is 0 Å². The Morgan fingerprint density at radius 3 is 2.16 bits per heavy atom. The molecule has 0 aliphatic heterocycles. The highest BCUT2D eigenvalue weighted by atomic mass is 19.4. The number of ether oxygens (including phenoxy) is 1. The number of carbonyl (C=O) groups is 3. The third-order valence-corrected chi connectivity index (χ3v) is 4.37. The Balaban J connectivity index is 2.01. The smallest absolute Gasteiger partial charge is 0.416 e. The van der Waals surface area contributed by atoms with Crippen LogP contribution < -0.4 is 10.6 Å². The van der Waals surface area contributed by atoms with Gasteiger partial charge in [0.1, 0.15) is 18.7 Å². The maximum absolute atomic E-state index is 13.2. The molecule has 0 unspecified atom stereocenters. The topological polar surface area (TPSA) is 125 Å². The van der Waals surface area contributed by atoms with Crippen LogP contribution >= 0.6 is 0 Å². The van der Waals surface area contributed by atoms with Gasteiger partial charge in [-0.3, -0.25) is 4.79 Å². The lowest BCUT2D eigenvalue weighted by Crippen LogP contribution is -2.53. The van der Waals surface area contributed by atoms with Gasteiger partial charge in [0.15, 0.2) is 0 Å². The lowest BCUT2D eigenvalue weighted by Gasteiger charge is -2.21. The minimum Gasteiger partial charge on any atom is -0.480 e. The van der Waals surface area contributed by atoms with E-state index in [1.54, 1.807) is 30.3 Å². The highest BCUT2D eigenvalue weighted by molar-refractivity contribution is 5.89. The van der Waals surface area contributed by atoms with Crippen molar-refractivity contribution in [3.63, 3.8) is 0 Å². The maximum Gasteiger partial charge on any atom is 0.416 e. The van der Waals surface area contributed by atoms with Crippen LogP contribution in [-0.4, -0.2) is 46.9 Å². The normalized spacial score (nSPS) is 13.0. The average Bonchev–Trinajstić information content (AvgIpc) is 2.75. The molecule has 2 atom stereocenters. The van der Waals surface area contributed by atoms with Crippen molar-refractivity contribution in [3.8, 4) is 0 Å². The Hall–Kier alpha value is -3.60. The first-order chi connectivity index (χ1) is 15.1. The Kier molecular flexibility index (Phi) is 8.59. The van der Waals surface area contributed by atoms with Gasteiger partial charge in [0.25, 0.3) is 0 Å². The van der Waals surface area contributed by atoms with Crippen LogP contribution in [0, 0.1) is 0 Å². The fourth-order valence-corrected chi connectivity index (χ4v) is 2.77. The fraction of sp³-hybridized carbons (Fsp3) is 0.286. The minimum absolute atomic E-state index is 0.113. The van der Waals surface area contributed by atoms with Crippen LogP contribution in [0.5, 0.6) is 0 Å². The molecule has 8 nitrogen and oxygen atoms in total. The first kappa shape index (κ1) is 24.7. The Morgan fingerprint density at radius 2 is 1.56 bits per heavy atom. The summed E-state index contributed by atoms with van der Waals surface area (Å²) in [6, 6.07) is 9.68. The summed E-state index contributed by atoms with van der Waals surface area (Å²) < 4.78 is 44.4. The van der Waals surface area contributed by atoms with E-state index in [2.05, 4.69) is 5.32 Å². The molecule has 11 heteroatoms. The number of halogens is 3. The Morgan fingerprint density at radius 1 is 0.938 bits per heavy atom. The van der Waals surface area contributed by atoms with Crippen molar-refractivity contribution in [2.45, 2.75) is 31.3 Å². The minimum atomic E-state index is -4.71. The summed E-state index contributed by atoms with van der Waals surface area (Å²) in [7, 11) is 0. The molecular formula is C21H21F3N2O6. The Labute approximate surface area is 181 Å². The third-order valence-electron chi connectivity index (χ3n) is 4.37. The van der Waals surface area contributed by atoms with Crippen LogP contribution in [0.1, 0.15) is 16.7 Å². The molecule has 0 aliphatic rings. The maximum atomic E-state index is 13.2. The molecule has 32 heavy (non-hydrogen) atoms. The van der Waals surface area contributed by atoms with Gasteiger partial charge in [0.2, 0.25) is 5.91 Å². The largest absolute Gasteiger partial charge is 0.480 e. The van der Waals surface area contributed by atoms with Crippen LogP contribution in [0.3, 0.4) is 0 Å². The number of carbonyl (C=O) groups excluding carboxylic acids is 2. The summed E-state index contributed by atoms with van der Waals surface area (Å²) in [6.45, 7) is -1.00. The zero-order chi connectivity index (χ0) is 23.7. The molecule has 0 spiro atoms. The molecule has 2 aromatic carbocycles. The first-order valence-electron chi connectivity index (χ1n) is 9.38. The molecule has 0 aliphatic carbocycles. The summed E-state index contributed by atoms with van der Waals surface area (Å²) in [6.07, 6.45) is -6.41. The number of hydrogen-bond acceptors (Lipinski definition) is 5. The lowest BCUT2D eigenvalue weighted by atomic mass is 9.99. The van der Waals surface area contributed by atoms with Crippen LogP contribution in [-0.2, 0) is 33.5 Å². The second kappa shape index (κ2) is 11.1. The number of benzene rings is 2. The molecule has 0 heterocycles. The number of aliphatic hydroxyl groups is 1. The van der Waals surface area contributed by atoms with Gasteiger partial charge in [0.05, 0.1) is 12.2 Å². The predicted octanol–water partition coefficient (Wildman–Crippen LogP) is 2.10. The molecule has 2 amide bonds. The van der Waals surface area contributed by atoms with E-state index in [-0.39, 0.29) is 12.2 Å². The molecule has 172 valence electrons. The van der Waals surface area contributed by atoms with Gasteiger partial charge >= 0.3 is 18.2 Å². The van der Waals surface area contributed by atoms with E-state index in [1.807, 2.05) is 5.32 Å². The molecule has 0 bridgehead atoms. The summed E-state index contributed by atoms with van der Waals surface area (Å²) in [5.41, 5.74) is -0.688. The zero-order valence-electron chi connectivity index (χ0n) is 16.6. The van der Waals surface area contributed by atoms with Gasteiger partial charge in [-0.05, 0) is 17.2 Å². The summed E-state index contributed by atoms with van der Waals surface area (Å²) in [5.74, 6) is -2.68. The number of hydrogen-bond donors (Lipinski definition) is 4. The molecule has 2 rings (SSSR count). The van der Waals surface area contributed by atoms with Crippen molar-refractivity contribution >= 4 is 18.0 Å². The fourth-order valence-electron chi connectivity index (χ4n) is 2.77. The number of aliphatic hydroxyl groups excluding tert-OH is 1. The van der Waals surface area contributed by atoms with Crippen LogP contribution in [0.15, 0.2) is 54.6 Å². The van der Waals surface area contributed by atoms with E-state index < -0.39 is 54.8 Å². The average molecular weight is 454 g/mol. The van der Waals surface area contributed by atoms with Crippen LogP contribution in [0.4, 0.5) is 18.0 Å². The standard InChI is InChI=1S/C21H21F3N2O6/c22-21(23,24)15-9-5-4-8-14(15)10-16(19(29)30)25-18(28)17(11-27)26-20(31)32-12-13-6-2-1-3-7-13/h1-9,16-17,27H,10-12H2,(H,25,28)(H,26,31)(H,29,30)/t16-,17+/m1/s1. The summed E-state index contributed by atoms with van der Waals surface area (Å²) >= 11 is 0. The van der Waals surface area contributed by atoms with Gasteiger partial charge in [0, 0.05) is 6.42 Å². The zero-order valence-corrected chi connectivity index (χ0v) is 16.6. The van der Waals surface area contributed by atoms with Gasteiger partial charge in [-0.25, -0.2) is 9.59 Å². The predicted molar refractivity (Wildman–Crippen MR) is 105 cm³/mol. The van der Waals surface area contributed by atoms with Gasteiger partial charge in [-0.2, -0.15) is 13.2 Å². The van der Waals surface area contributed by atoms with Crippen molar-refractivity contribution in [2.75, 3.05) is 6.61 Å². The van der Waals surface area contributed by atoms with E-state index in [4.69, 9.17) is 4.74 Å². The number of rotatable bonds is 9. The van der Waals surface area contributed by atoms with E-state index in [9.17, 15) is 37.8 Å². The number of nitrogens with one attached hydrogen (secondary N) is 2. The second-order valence-corrected chi connectivity index (χ2v) is 6.70. The third kappa shape index (κ3) is 7.27. The van der Waals surface area contributed by atoms with Crippen LogP contribution in [0.2, 0.25) is 0 Å². The molecule has 0 saturated heterocycles. The molecule has 0 saturated carbocycles. The van der Waals surface area contributed by atoms with Crippen LogP contribution in [0.25, 0.3) is 0 Å². The summed E-state index contributed by atoms with van der Waals surface area (Å²) in [5, 5.41) is 22.9. The molecule has 0 radical (unpaired) electrons. The molecule has 2 aromatic rings. The number of carboxylic acid groups (broad SMARTS) is 1. The van der Waals surface area contributed by atoms with E-state index in [0.717, 1.165) is 18.2 Å². The van der Waals surface area contributed by atoms with E-state index >= 15 is 0 Å². The number of alkyl carbamates (subject to hydrolysis) is 1. The van der Waals surface area contributed by atoms with Crippen molar-refractivity contribution in [3.05, 3.63) is 71.3 Å². The van der Waals surface area contributed by atoms with Crippen molar-refractivity contribution < 1.29 is 42.5 Å². The van der Waals surface area contributed by atoms with Crippen molar-refractivity contribution in [2.24, 2.45) is 0 Å². The van der Waals surface area contributed by atoms with Gasteiger partial charge in [-0.1, -0.05) is 48.5 Å². The molecule has 0 aromatic heterocycles. The molecule has 4 N–H and O–H groups in total. The number of alkyl halides is 3. The van der Waals surface area contributed by atoms with E-state index in [0.29, 0.717) is 5.56 Å². The Bertz CT molecular complexity index is 937. The van der Waals surface area contributed by atoms with Crippen molar-refractivity contribution in [1.82, 2.24) is 10.6 Å². The number of amides is 2. The highest BCUT2D eigenvalue weighted by Gasteiger charge is 2.35. The van der Waals surface area contributed by atoms with Gasteiger partial charge < -0.3 is 25.6 Å². The quantitative estimate of drug-likeness (QED) is 0.460. The van der Waals surface area contributed by atoms with E-state index in [1.165, 1.54) is 6.07 Å². The highest BCUT2D eigenvalue weighted by Crippen LogP contribution is 2.32. The number of aliphatic carboxylic acids is 1. The SMILES string of the molecule is O=C(N[C@@H](CO)C(=O)N[C@H](Cc1ccccc1C(F)(F)F)C(=O)O)OCc1ccccc1. The summed E-state index contributed by atoms with van der Waals surface area (Å²) in [4.78, 5) is 35.8. The molecular weight excluding hydrogens is 433 g/mol. The molecule has 0 fully saturated rings.